The zero-order valence-electron chi connectivity index (χ0n) is 13.4. The first-order valence-corrected chi connectivity index (χ1v) is 7.31. The second-order valence-corrected chi connectivity index (χ2v) is 6.07. The van der Waals surface area contributed by atoms with E-state index in [4.69, 9.17) is 0 Å². The molecule has 5 nitrogen and oxygen atoms in total. The highest BCUT2D eigenvalue weighted by Gasteiger charge is 2.17. The maximum Gasteiger partial charge on any atom is 0.241 e. The highest BCUT2D eigenvalue weighted by Crippen LogP contribution is 2.05. The fourth-order valence-electron chi connectivity index (χ4n) is 1.62. The summed E-state index contributed by atoms with van der Waals surface area (Å²) in [4.78, 5) is 34.8. The van der Waals surface area contributed by atoms with Crippen molar-refractivity contribution < 1.29 is 14.4 Å². The zero-order chi connectivity index (χ0) is 15.7. The van der Waals surface area contributed by atoms with Crippen LogP contribution < -0.4 is 5.43 Å². The quantitative estimate of drug-likeness (QED) is 0.695. The van der Waals surface area contributed by atoms with Gasteiger partial charge in [0.15, 0.2) is 0 Å². The zero-order valence-corrected chi connectivity index (χ0v) is 13.4. The van der Waals surface area contributed by atoms with E-state index in [1.54, 1.807) is 0 Å². The highest BCUT2D eigenvalue weighted by atomic mass is 16.2. The van der Waals surface area contributed by atoms with Crippen LogP contribution in [0.5, 0.6) is 0 Å². The molecule has 0 unspecified atom stereocenters. The van der Waals surface area contributed by atoms with Gasteiger partial charge in [0, 0.05) is 25.8 Å². The Morgan fingerprint density at radius 3 is 2.00 bits per heavy atom. The van der Waals surface area contributed by atoms with Gasteiger partial charge in [0.25, 0.3) is 0 Å². The standard InChI is InChI=1S/C15H28N2O3/c1-11(2)6-8-14(19)16-17(10-12(3)4)15(20)9-7-13(5)18/h11-12H,6-10H2,1-5H3,(H,16,19). The van der Waals surface area contributed by atoms with Crippen molar-refractivity contribution >= 4 is 17.6 Å². The van der Waals surface area contributed by atoms with Crippen molar-refractivity contribution in [1.82, 2.24) is 10.4 Å². The number of hydrogen-bond acceptors (Lipinski definition) is 3. The van der Waals surface area contributed by atoms with Crippen molar-refractivity contribution in [3.8, 4) is 0 Å². The van der Waals surface area contributed by atoms with Gasteiger partial charge in [0.2, 0.25) is 11.8 Å². The van der Waals surface area contributed by atoms with Crippen molar-refractivity contribution in [2.45, 2.75) is 60.3 Å². The molecule has 0 spiro atoms. The summed E-state index contributed by atoms with van der Waals surface area (Å²) in [7, 11) is 0. The average molecular weight is 284 g/mol. The van der Waals surface area contributed by atoms with Gasteiger partial charge in [0.05, 0.1) is 0 Å². The number of carbonyl (C=O) groups excluding carboxylic acids is 3. The molecule has 1 N–H and O–H groups in total. The molecule has 116 valence electrons. The number of ketones is 1. The fraction of sp³-hybridized carbons (Fsp3) is 0.800. The minimum absolute atomic E-state index is 0.0195. The van der Waals surface area contributed by atoms with Crippen LogP contribution in [0.25, 0.3) is 0 Å². The number of nitrogens with one attached hydrogen (secondary N) is 1. The van der Waals surface area contributed by atoms with Crippen molar-refractivity contribution in [2.24, 2.45) is 11.8 Å². The molecule has 0 aromatic rings. The molecule has 0 rings (SSSR count). The predicted molar refractivity (Wildman–Crippen MR) is 78.7 cm³/mol. The molecule has 0 aliphatic heterocycles. The largest absolute Gasteiger partial charge is 0.300 e. The van der Waals surface area contributed by atoms with E-state index in [-0.39, 0.29) is 36.4 Å². The van der Waals surface area contributed by atoms with Crippen LogP contribution in [0.1, 0.15) is 60.3 Å². The van der Waals surface area contributed by atoms with E-state index in [2.05, 4.69) is 19.3 Å². The van der Waals surface area contributed by atoms with Gasteiger partial charge in [-0.1, -0.05) is 27.7 Å². The summed E-state index contributed by atoms with van der Waals surface area (Å²) in [6.45, 7) is 9.98. The van der Waals surface area contributed by atoms with Crippen LogP contribution >= 0.6 is 0 Å². The topological polar surface area (TPSA) is 66.5 Å². The van der Waals surface area contributed by atoms with Gasteiger partial charge in [-0.05, 0) is 25.2 Å². The molecule has 0 atom stereocenters. The van der Waals surface area contributed by atoms with Gasteiger partial charge < -0.3 is 4.79 Å². The molecule has 0 aliphatic carbocycles. The van der Waals surface area contributed by atoms with Gasteiger partial charge in [-0.2, -0.15) is 0 Å². The first-order valence-electron chi connectivity index (χ1n) is 7.31. The summed E-state index contributed by atoms with van der Waals surface area (Å²) < 4.78 is 0. The Labute approximate surface area is 122 Å². The van der Waals surface area contributed by atoms with Gasteiger partial charge in [0.1, 0.15) is 5.78 Å². The van der Waals surface area contributed by atoms with Crippen LogP contribution in [-0.4, -0.2) is 29.2 Å². The Kier molecular flexibility index (Phi) is 8.84. The van der Waals surface area contributed by atoms with Crippen LogP contribution in [0, 0.1) is 11.8 Å². The fourth-order valence-corrected chi connectivity index (χ4v) is 1.62. The van der Waals surface area contributed by atoms with E-state index in [0.717, 1.165) is 6.42 Å². The minimum Gasteiger partial charge on any atom is -0.300 e. The second kappa shape index (κ2) is 9.50. The molecule has 0 saturated heterocycles. The van der Waals surface area contributed by atoms with E-state index in [1.807, 2.05) is 13.8 Å². The van der Waals surface area contributed by atoms with Crippen LogP contribution in [0.3, 0.4) is 0 Å². The maximum atomic E-state index is 12.0. The van der Waals surface area contributed by atoms with Gasteiger partial charge in [-0.25, -0.2) is 0 Å². The van der Waals surface area contributed by atoms with Gasteiger partial charge >= 0.3 is 0 Å². The maximum absolute atomic E-state index is 12.0. The lowest BCUT2D eigenvalue weighted by atomic mass is 10.1. The van der Waals surface area contributed by atoms with E-state index >= 15 is 0 Å². The Bertz CT molecular complexity index is 338. The van der Waals surface area contributed by atoms with E-state index in [9.17, 15) is 14.4 Å². The molecule has 0 aliphatic rings. The SMILES string of the molecule is CC(=O)CCC(=O)N(CC(C)C)NC(=O)CCC(C)C. The number of rotatable bonds is 8. The van der Waals surface area contributed by atoms with Crippen LogP contribution in [-0.2, 0) is 14.4 Å². The summed E-state index contributed by atoms with van der Waals surface area (Å²) in [5.41, 5.74) is 2.66. The molecule has 0 radical (unpaired) electrons. The number of hydrogen-bond donors (Lipinski definition) is 1. The third-order valence-corrected chi connectivity index (χ3v) is 2.75. The molecular formula is C15H28N2O3. The molecule has 0 saturated carbocycles. The average Bonchev–Trinajstić information content (AvgIpc) is 2.32. The van der Waals surface area contributed by atoms with Gasteiger partial charge in [-0.15, -0.1) is 0 Å². The number of nitrogens with zero attached hydrogens (tertiary/aromatic N) is 1. The van der Waals surface area contributed by atoms with Crippen molar-refractivity contribution in [1.29, 1.82) is 0 Å². The Morgan fingerprint density at radius 2 is 1.55 bits per heavy atom. The molecule has 0 aromatic heterocycles. The molecular weight excluding hydrogens is 256 g/mol. The number of Topliss-reactive ketones (excluding diaryl/α,β-unsaturated/α-hetero) is 1. The second-order valence-electron chi connectivity index (χ2n) is 6.07. The van der Waals surface area contributed by atoms with Crippen LogP contribution in [0.4, 0.5) is 0 Å². The third-order valence-electron chi connectivity index (χ3n) is 2.75. The molecule has 0 fully saturated rings. The van der Waals surface area contributed by atoms with Crippen molar-refractivity contribution in [2.75, 3.05) is 6.54 Å². The lowest BCUT2D eigenvalue weighted by Gasteiger charge is -2.25. The summed E-state index contributed by atoms with van der Waals surface area (Å²) in [6.07, 6.45) is 1.57. The van der Waals surface area contributed by atoms with E-state index in [0.29, 0.717) is 18.9 Å². The highest BCUT2D eigenvalue weighted by molar-refractivity contribution is 5.85. The van der Waals surface area contributed by atoms with Crippen molar-refractivity contribution in [3.63, 3.8) is 0 Å². The monoisotopic (exact) mass is 284 g/mol. The third kappa shape index (κ3) is 9.53. The minimum atomic E-state index is -0.202. The first kappa shape index (κ1) is 18.6. The molecule has 2 amide bonds. The molecule has 0 heterocycles. The first-order chi connectivity index (χ1) is 9.22. The molecule has 0 aromatic carbocycles. The van der Waals surface area contributed by atoms with Crippen LogP contribution in [0.2, 0.25) is 0 Å². The Balaban J connectivity index is 4.43. The number of carbonyl (C=O) groups is 3. The normalized spacial score (nSPS) is 10.8. The summed E-state index contributed by atoms with van der Waals surface area (Å²) in [6, 6.07) is 0. The number of hydrazine groups is 1. The molecule has 5 heteroatoms. The predicted octanol–water partition coefficient (Wildman–Crippen LogP) is 2.31. The van der Waals surface area contributed by atoms with E-state index in [1.165, 1.54) is 11.9 Å². The number of amides is 2. The molecule has 0 bridgehead atoms. The Morgan fingerprint density at radius 1 is 0.950 bits per heavy atom. The summed E-state index contributed by atoms with van der Waals surface area (Å²) in [5.74, 6) is 0.339. The smallest absolute Gasteiger partial charge is 0.241 e. The molecule has 20 heavy (non-hydrogen) atoms. The van der Waals surface area contributed by atoms with Crippen LogP contribution in [0.15, 0.2) is 0 Å². The summed E-state index contributed by atoms with van der Waals surface area (Å²) >= 11 is 0. The van der Waals surface area contributed by atoms with E-state index < -0.39 is 0 Å². The van der Waals surface area contributed by atoms with Crippen molar-refractivity contribution in [3.05, 3.63) is 0 Å². The lowest BCUT2D eigenvalue weighted by Crippen LogP contribution is -2.48. The van der Waals surface area contributed by atoms with Gasteiger partial charge in [-0.3, -0.25) is 20.0 Å². The lowest BCUT2D eigenvalue weighted by molar-refractivity contribution is -0.142. The Hall–Kier alpha value is -1.39. The summed E-state index contributed by atoms with van der Waals surface area (Å²) in [5, 5.41) is 1.36.